The predicted octanol–water partition coefficient (Wildman–Crippen LogP) is 6.42. The normalized spacial score (nSPS) is 11.2. The fraction of sp³-hybridized carbons (Fsp3) is 0.0714. The van der Waals surface area contributed by atoms with E-state index in [1.54, 1.807) is 18.2 Å². The van der Waals surface area contributed by atoms with Gasteiger partial charge in [0.25, 0.3) is 0 Å². The van der Waals surface area contributed by atoms with Gasteiger partial charge in [-0.3, -0.25) is 0 Å². The molecule has 0 spiro atoms. The minimum Gasteiger partial charge on any atom is -0.308 e. The minimum atomic E-state index is -4.61. The zero-order valence-electron chi connectivity index (χ0n) is 11.1. The Hall–Kier alpha value is -1.44. The lowest BCUT2D eigenvalue weighted by Gasteiger charge is -2.13. The van der Waals surface area contributed by atoms with E-state index in [0.717, 1.165) is 16.6 Å². The molecule has 0 radical (unpaired) electrons. The molecule has 0 unspecified atom stereocenters. The number of rotatable bonds is 2. The molecule has 122 valence electrons. The SMILES string of the molecule is O=C(Nc1ccc(Cl)c(C(F)(F)F)c1)Nc1ccc(Br)cc1Cl. The molecule has 0 aliphatic heterocycles. The number of carbonyl (C=O) groups excluding carboxylic acids is 1. The Morgan fingerprint density at radius 1 is 1.00 bits per heavy atom. The lowest BCUT2D eigenvalue weighted by Crippen LogP contribution is -2.20. The molecule has 2 amide bonds. The number of hydrogen-bond acceptors (Lipinski definition) is 1. The molecule has 23 heavy (non-hydrogen) atoms. The second-order valence-electron chi connectivity index (χ2n) is 4.40. The van der Waals surface area contributed by atoms with Crippen LogP contribution in [0.5, 0.6) is 0 Å². The predicted molar refractivity (Wildman–Crippen MR) is 88.2 cm³/mol. The summed E-state index contributed by atoms with van der Waals surface area (Å²) in [6.45, 7) is 0. The van der Waals surface area contributed by atoms with Crippen molar-refractivity contribution in [3.8, 4) is 0 Å². The number of amides is 2. The fourth-order valence-electron chi connectivity index (χ4n) is 1.70. The Kier molecular flexibility index (Phi) is 5.44. The second-order valence-corrected chi connectivity index (χ2v) is 6.13. The van der Waals surface area contributed by atoms with Gasteiger partial charge < -0.3 is 10.6 Å². The van der Waals surface area contributed by atoms with Crippen molar-refractivity contribution in [1.29, 1.82) is 0 Å². The number of alkyl halides is 3. The van der Waals surface area contributed by atoms with E-state index in [2.05, 4.69) is 26.6 Å². The number of nitrogens with one attached hydrogen (secondary N) is 2. The average Bonchev–Trinajstić information content (AvgIpc) is 2.43. The summed E-state index contributed by atoms with van der Waals surface area (Å²) >= 11 is 14.7. The average molecular weight is 428 g/mol. The number of urea groups is 1. The Morgan fingerprint density at radius 2 is 1.70 bits per heavy atom. The van der Waals surface area contributed by atoms with Gasteiger partial charge in [-0.25, -0.2) is 4.79 Å². The third-order valence-corrected chi connectivity index (χ3v) is 3.84. The quantitative estimate of drug-likeness (QED) is 0.570. The molecule has 2 aromatic rings. The molecule has 3 nitrogen and oxygen atoms in total. The van der Waals surface area contributed by atoms with E-state index in [1.807, 2.05) is 0 Å². The Bertz CT molecular complexity index is 753. The van der Waals surface area contributed by atoms with Crippen LogP contribution in [-0.4, -0.2) is 6.03 Å². The first-order chi connectivity index (χ1) is 10.7. The third kappa shape index (κ3) is 4.76. The summed E-state index contributed by atoms with van der Waals surface area (Å²) in [5.74, 6) is 0. The Balaban J connectivity index is 2.14. The van der Waals surface area contributed by atoms with Gasteiger partial charge in [0.15, 0.2) is 0 Å². The molecule has 0 saturated carbocycles. The van der Waals surface area contributed by atoms with Crippen molar-refractivity contribution in [2.45, 2.75) is 6.18 Å². The maximum Gasteiger partial charge on any atom is 0.417 e. The van der Waals surface area contributed by atoms with Crippen LogP contribution in [0.25, 0.3) is 0 Å². The van der Waals surface area contributed by atoms with Crippen molar-refractivity contribution < 1.29 is 18.0 Å². The molecule has 0 fully saturated rings. The van der Waals surface area contributed by atoms with Crippen molar-refractivity contribution in [1.82, 2.24) is 0 Å². The highest BCUT2D eigenvalue weighted by Crippen LogP contribution is 2.36. The van der Waals surface area contributed by atoms with Crippen LogP contribution in [0.15, 0.2) is 40.9 Å². The van der Waals surface area contributed by atoms with Crippen LogP contribution in [0.2, 0.25) is 10.0 Å². The van der Waals surface area contributed by atoms with Gasteiger partial charge in [0.2, 0.25) is 0 Å². The van der Waals surface area contributed by atoms with Crippen LogP contribution in [0, 0.1) is 0 Å². The van der Waals surface area contributed by atoms with Crippen molar-refractivity contribution in [2.75, 3.05) is 10.6 Å². The van der Waals surface area contributed by atoms with E-state index in [1.165, 1.54) is 6.07 Å². The number of halogens is 6. The van der Waals surface area contributed by atoms with Crippen molar-refractivity contribution in [3.63, 3.8) is 0 Å². The van der Waals surface area contributed by atoms with Crippen LogP contribution >= 0.6 is 39.1 Å². The number of carbonyl (C=O) groups is 1. The van der Waals surface area contributed by atoms with E-state index in [4.69, 9.17) is 23.2 Å². The maximum atomic E-state index is 12.8. The molecule has 2 rings (SSSR count). The van der Waals surface area contributed by atoms with Crippen LogP contribution in [0.4, 0.5) is 29.3 Å². The molecule has 2 N–H and O–H groups in total. The highest BCUT2D eigenvalue weighted by Gasteiger charge is 2.33. The summed E-state index contributed by atoms with van der Waals surface area (Å²) in [4.78, 5) is 11.9. The van der Waals surface area contributed by atoms with Crippen LogP contribution in [0.1, 0.15) is 5.56 Å². The van der Waals surface area contributed by atoms with Crippen molar-refractivity contribution >= 4 is 56.5 Å². The van der Waals surface area contributed by atoms with E-state index in [-0.39, 0.29) is 10.7 Å². The standard InChI is InChI=1S/C14H8BrCl2F3N2O/c15-7-1-4-12(11(17)5-7)22-13(23)21-8-2-3-10(16)9(6-8)14(18,19)20/h1-6H,(H2,21,22,23). The van der Waals surface area contributed by atoms with Gasteiger partial charge in [0.05, 0.1) is 21.3 Å². The molecule has 9 heteroatoms. The molecule has 0 aliphatic carbocycles. The number of anilines is 2. The lowest BCUT2D eigenvalue weighted by atomic mass is 10.2. The molecule has 0 saturated heterocycles. The monoisotopic (exact) mass is 426 g/mol. The van der Waals surface area contributed by atoms with E-state index in [9.17, 15) is 18.0 Å². The number of benzene rings is 2. The second kappa shape index (κ2) is 6.98. The van der Waals surface area contributed by atoms with E-state index < -0.39 is 22.8 Å². The van der Waals surface area contributed by atoms with Gasteiger partial charge in [-0.05, 0) is 36.4 Å². The van der Waals surface area contributed by atoms with E-state index >= 15 is 0 Å². The first-order valence-electron chi connectivity index (χ1n) is 6.06. The highest BCUT2D eigenvalue weighted by molar-refractivity contribution is 9.10. The minimum absolute atomic E-state index is 0.0486. The molecule has 0 aromatic heterocycles. The molecular weight excluding hydrogens is 420 g/mol. The molecule has 0 atom stereocenters. The summed E-state index contributed by atoms with van der Waals surface area (Å²) in [6.07, 6.45) is -4.61. The summed E-state index contributed by atoms with van der Waals surface area (Å²) in [6, 6.07) is 7.13. The largest absolute Gasteiger partial charge is 0.417 e. The van der Waals surface area contributed by atoms with Gasteiger partial charge in [-0.15, -0.1) is 0 Å². The summed E-state index contributed by atoms with van der Waals surface area (Å²) < 4.78 is 39.0. The van der Waals surface area contributed by atoms with Crippen LogP contribution in [0.3, 0.4) is 0 Å². The van der Waals surface area contributed by atoms with Gasteiger partial charge in [-0.2, -0.15) is 13.2 Å². The molecular formula is C14H8BrCl2F3N2O. The van der Waals surface area contributed by atoms with Crippen molar-refractivity contribution in [3.05, 3.63) is 56.5 Å². The summed E-state index contributed by atoms with van der Waals surface area (Å²) in [7, 11) is 0. The topological polar surface area (TPSA) is 41.1 Å². The Labute approximate surface area is 147 Å². The lowest BCUT2D eigenvalue weighted by molar-refractivity contribution is -0.137. The zero-order valence-corrected chi connectivity index (χ0v) is 14.2. The van der Waals surface area contributed by atoms with Gasteiger partial charge in [0.1, 0.15) is 0 Å². The smallest absolute Gasteiger partial charge is 0.308 e. The fourth-order valence-corrected chi connectivity index (χ4v) is 2.64. The van der Waals surface area contributed by atoms with E-state index in [0.29, 0.717) is 5.69 Å². The third-order valence-electron chi connectivity index (χ3n) is 2.71. The Morgan fingerprint density at radius 3 is 2.30 bits per heavy atom. The van der Waals surface area contributed by atoms with Gasteiger partial charge in [0, 0.05) is 10.2 Å². The first-order valence-corrected chi connectivity index (χ1v) is 7.61. The molecule has 0 aliphatic rings. The number of hydrogen-bond donors (Lipinski definition) is 2. The van der Waals surface area contributed by atoms with Crippen LogP contribution < -0.4 is 10.6 Å². The van der Waals surface area contributed by atoms with Crippen LogP contribution in [-0.2, 0) is 6.18 Å². The zero-order chi connectivity index (χ0) is 17.2. The van der Waals surface area contributed by atoms with Gasteiger partial charge >= 0.3 is 12.2 Å². The summed E-state index contributed by atoms with van der Waals surface area (Å²) in [5, 5.41) is 4.57. The maximum absolute atomic E-state index is 12.8. The molecule has 2 aromatic carbocycles. The first kappa shape index (κ1) is 17.9. The van der Waals surface area contributed by atoms with Crippen molar-refractivity contribution in [2.24, 2.45) is 0 Å². The highest BCUT2D eigenvalue weighted by atomic mass is 79.9. The molecule has 0 bridgehead atoms. The summed E-state index contributed by atoms with van der Waals surface area (Å²) in [5.41, 5.74) is -0.761. The van der Waals surface area contributed by atoms with Gasteiger partial charge in [-0.1, -0.05) is 39.1 Å². The molecule has 0 heterocycles.